The first kappa shape index (κ1) is 10.7. The third kappa shape index (κ3) is 3.10. The molecule has 1 aromatic rings. The largest absolute Gasteiger partial charge is 0.359 e. The monoisotopic (exact) mass is 244 g/mol. The zero-order valence-corrected chi connectivity index (χ0v) is 9.43. The number of ether oxygens (including phenoxy) is 2. The number of hydrogen-bond donors (Lipinski definition) is 0. The molecule has 72 valence electrons. The summed E-state index contributed by atoms with van der Waals surface area (Å²) in [6.07, 6.45) is 0. The van der Waals surface area contributed by atoms with Crippen LogP contribution in [0.25, 0.3) is 0 Å². The van der Waals surface area contributed by atoms with Crippen LogP contribution in [0.2, 0.25) is 0 Å². The molecule has 1 aromatic carbocycles. The molecule has 3 heteroatoms. The Morgan fingerprint density at radius 1 is 1.38 bits per heavy atom. The van der Waals surface area contributed by atoms with Gasteiger partial charge in [-0.1, -0.05) is 28.1 Å². The molecule has 0 saturated carbocycles. The molecule has 0 amide bonds. The molecule has 0 aliphatic heterocycles. The van der Waals surface area contributed by atoms with Crippen LogP contribution < -0.4 is 0 Å². The summed E-state index contributed by atoms with van der Waals surface area (Å²) < 4.78 is 11.2. The minimum atomic E-state index is 0.339. The summed E-state index contributed by atoms with van der Waals surface area (Å²) in [4.78, 5) is 0. The van der Waals surface area contributed by atoms with Crippen LogP contribution in [-0.2, 0) is 16.1 Å². The second kappa shape index (κ2) is 5.37. The highest BCUT2D eigenvalue weighted by Gasteiger charge is 2.00. The highest BCUT2D eigenvalue weighted by molar-refractivity contribution is 9.10. The second-order valence-electron chi connectivity index (χ2n) is 2.78. The van der Waals surface area contributed by atoms with E-state index in [1.807, 2.05) is 12.1 Å². The van der Waals surface area contributed by atoms with Gasteiger partial charge in [-0.05, 0) is 24.1 Å². The molecule has 0 aliphatic carbocycles. The topological polar surface area (TPSA) is 18.5 Å². The predicted molar refractivity (Wildman–Crippen MR) is 55.5 cm³/mol. The Morgan fingerprint density at radius 2 is 2.15 bits per heavy atom. The zero-order valence-electron chi connectivity index (χ0n) is 7.84. The molecule has 1 rings (SSSR count). The molecule has 0 saturated heterocycles. The third-order valence-corrected chi connectivity index (χ3v) is 2.70. The van der Waals surface area contributed by atoms with E-state index in [0.29, 0.717) is 13.4 Å². The van der Waals surface area contributed by atoms with E-state index < -0.39 is 0 Å². The first-order valence-electron chi connectivity index (χ1n) is 4.06. The molecule has 0 unspecified atom stereocenters. The molecule has 0 aromatic heterocycles. The molecule has 0 spiro atoms. The zero-order chi connectivity index (χ0) is 9.68. The van der Waals surface area contributed by atoms with Crippen LogP contribution in [-0.4, -0.2) is 13.9 Å². The molecule has 2 nitrogen and oxygen atoms in total. The highest BCUT2D eigenvalue weighted by Crippen LogP contribution is 2.19. The average Bonchev–Trinajstić information content (AvgIpc) is 2.13. The van der Waals surface area contributed by atoms with E-state index >= 15 is 0 Å². The first-order chi connectivity index (χ1) is 6.25. The Labute approximate surface area is 87.0 Å². The van der Waals surface area contributed by atoms with Crippen molar-refractivity contribution in [3.63, 3.8) is 0 Å². The van der Waals surface area contributed by atoms with Gasteiger partial charge in [-0.2, -0.15) is 0 Å². The molecule has 0 N–H and O–H groups in total. The lowest BCUT2D eigenvalue weighted by Gasteiger charge is -2.07. The van der Waals surface area contributed by atoms with Crippen molar-refractivity contribution in [3.05, 3.63) is 33.8 Å². The van der Waals surface area contributed by atoms with E-state index in [2.05, 4.69) is 28.9 Å². The maximum atomic E-state index is 5.26. The summed E-state index contributed by atoms with van der Waals surface area (Å²) in [6.45, 7) is 3.00. The second-order valence-corrected chi connectivity index (χ2v) is 3.63. The summed E-state index contributed by atoms with van der Waals surface area (Å²) in [5, 5.41) is 0. The minimum absolute atomic E-state index is 0.339. The van der Waals surface area contributed by atoms with Crippen molar-refractivity contribution in [2.45, 2.75) is 13.5 Å². The van der Waals surface area contributed by atoms with Gasteiger partial charge in [0.15, 0.2) is 0 Å². The average molecular weight is 245 g/mol. The Morgan fingerprint density at radius 3 is 2.85 bits per heavy atom. The molecule has 0 bridgehead atoms. The van der Waals surface area contributed by atoms with E-state index in [1.165, 1.54) is 11.1 Å². The Bertz CT molecular complexity index is 274. The lowest BCUT2D eigenvalue weighted by molar-refractivity contribution is -0.0392. The Kier molecular flexibility index (Phi) is 4.42. The fraction of sp³-hybridized carbons (Fsp3) is 0.400. The maximum Gasteiger partial charge on any atom is 0.146 e. The standard InChI is InChI=1S/C10H13BrO2/c1-8-9(6-13-7-12-2)4-3-5-10(8)11/h3-5H,6-7H2,1-2H3. The van der Waals surface area contributed by atoms with Crippen LogP contribution >= 0.6 is 15.9 Å². The number of halogens is 1. The van der Waals surface area contributed by atoms with Gasteiger partial charge >= 0.3 is 0 Å². The van der Waals surface area contributed by atoms with Crippen molar-refractivity contribution < 1.29 is 9.47 Å². The van der Waals surface area contributed by atoms with Crippen LogP contribution in [0.1, 0.15) is 11.1 Å². The van der Waals surface area contributed by atoms with Crippen LogP contribution in [0.3, 0.4) is 0 Å². The van der Waals surface area contributed by atoms with E-state index in [9.17, 15) is 0 Å². The SMILES string of the molecule is COCOCc1cccc(Br)c1C. The van der Waals surface area contributed by atoms with Crippen molar-refractivity contribution in [2.75, 3.05) is 13.9 Å². The fourth-order valence-corrected chi connectivity index (χ4v) is 1.45. The van der Waals surface area contributed by atoms with Gasteiger partial charge in [0.2, 0.25) is 0 Å². The van der Waals surface area contributed by atoms with E-state index in [-0.39, 0.29) is 0 Å². The van der Waals surface area contributed by atoms with Crippen LogP contribution in [0.5, 0.6) is 0 Å². The van der Waals surface area contributed by atoms with Gasteiger partial charge in [0.25, 0.3) is 0 Å². The van der Waals surface area contributed by atoms with Gasteiger partial charge in [-0.15, -0.1) is 0 Å². The molecule has 0 aliphatic rings. The van der Waals surface area contributed by atoms with Crippen LogP contribution in [0, 0.1) is 6.92 Å². The van der Waals surface area contributed by atoms with Crippen molar-refractivity contribution in [1.29, 1.82) is 0 Å². The Hall–Kier alpha value is -0.380. The molecular formula is C10H13BrO2. The summed E-state index contributed by atoms with van der Waals surface area (Å²) >= 11 is 3.47. The van der Waals surface area contributed by atoms with Crippen molar-refractivity contribution in [1.82, 2.24) is 0 Å². The molecule has 0 radical (unpaired) electrons. The summed E-state index contributed by atoms with van der Waals surface area (Å²) in [5.74, 6) is 0. The molecule has 0 heterocycles. The van der Waals surface area contributed by atoms with Crippen molar-refractivity contribution in [2.24, 2.45) is 0 Å². The lowest BCUT2D eigenvalue weighted by atomic mass is 10.1. The summed E-state index contributed by atoms with van der Waals surface area (Å²) in [6, 6.07) is 6.08. The van der Waals surface area contributed by atoms with Gasteiger partial charge in [-0.25, -0.2) is 0 Å². The highest BCUT2D eigenvalue weighted by atomic mass is 79.9. The van der Waals surface area contributed by atoms with E-state index in [1.54, 1.807) is 7.11 Å². The Balaban J connectivity index is 2.61. The molecular weight excluding hydrogens is 232 g/mol. The lowest BCUT2D eigenvalue weighted by Crippen LogP contribution is -1.98. The first-order valence-corrected chi connectivity index (χ1v) is 4.85. The predicted octanol–water partition coefficient (Wildman–Crippen LogP) is 2.88. The minimum Gasteiger partial charge on any atom is -0.359 e. The summed E-state index contributed by atoms with van der Waals surface area (Å²) in [5.41, 5.74) is 2.41. The fourth-order valence-electron chi connectivity index (χ4n) is 1.04. The number of hydrogen-bond acceptors (Lipinski definition) is 2. The van der Waals surface area contributed by atoms with E-state index in [0.717, 1.165) is 4.47 Å². The van der Waals surface area contributed by atoms with Gasteiger partial charge < -0.3 is 9.47 Å². The normalized spacial score (nSPS) is 10.4. The number of benzene rings is 1. The molecule has 0 fully saturated rings. The quantitative estimate of drug-likeness (QED) is 0.599. The smallest absolute Gasteiger partial charge is 0.146 e. The van der Waals surface area contributed by atoms with Gasteiger partial charge in [0.1, 0.15) is 6.79 Å². The maximum absolute atomic E-state index is 5.26. The van der Waals surface area contributed by atoms with Gasteiger partial charge in [0, 0.05) is 11.6 Å². The van der Waals surface area contributed by atoms with Crippen LogP contribution in [0.15, 0.2) is 22.7 Å². The van der Waals surface area contributed by atoms with Crippen LogP contribution in [0.4, 0.5) is 0 Å². The van der Waals surface area contributed by atoms with E-state index in [4.69, 9.17) is 9.47 Å². The molecule has 0 atom stereocenters. The van der Waals surface area contributed by atoms with Crippen molar-refractivity contribution >= 4 is 15.9 Å². The van der Waals surface area contributed by atoms with Crippen molar-refractivity contribution in [3.8, 4) is 0 Å². The number of rotatable bonds is 4. The third-order valence-electron chi connectivity index (χ3n) is 1.84. The summed E-state index contributed by atoms with van der Waals surface area (Å²) in [7, 11) is 1.62. The molecule has 13 heavy (non-hydrogen) atoms. The number of methoxy groups -OCH3 is 1. The van der Waals surface area contributed by atoms with Gasteiger partial charge in [0.05, 0.1) is 6.61 Å². The van der Waals surface area contributed by atoms with Gasteiger partial charge in [-0.3, -0.25) is 0 Å².